The first kappa shape index (κ1) is 8.66. The third-order valence-corrected chi connectivity index (χ3v) is 1.04. The van der Waals surface area contributed by atoms with Gasteiger partial charge in [-0.25, -0.2) is 0 Å². The molecule has 0 aromatic heterocycles. The van der Waals surface area contributed by atoms with Crippen molar-refractivity contribution < 1.29 is 9.47 Å². The normalized spacial score (nSPS) is 10.2. The molecular weight excluding hydrogens is 116 g/mol. The average molecular weight is 130 g/mol. The molecule has 9 heavy (non-hydrogen) atoms. The minimum absolute atomic E-state index is 0.123. The molecule has 0 saturated heterocycles. The van der Waals surface area contributed by atoms with Crippen LogP contribution in [-0.4, -0.2) is 20.5 Å². The van der Waals surface area contributed by atoms with Crippen LogP contribution in [0.15, 0.2) is 12.2 Å². The van der Waals surface area contributed by atoms with Gasteiger partial charge in [-0.2, -0.15) is 0 Å². The average Bonchev–Trinajstić information content (AvgIpc) is 1.82. The smallest absolute Gasteiger partial charge is 0.160 e. The first-order valence-electron chi connectivity index (χ1n) is 2.90. The van der Waals surface area contributed by atoms with Crippen molar-refractivity contribution in [1.29, 1.82) is 0 Å². The van der Waals surface area contributed by atoms with Gasteiger partial charge >= 0.3 is 0 Å². The molecule has 0 atom stereocenters. The lowest BCUT2D eigenvalue weighted by atomic mass is 10.2. The van der Waals surface area contributed by atoms with E-state index in [2.05, 4.69) is 6.58 Å². The maximum atomic E-state index is 4.93. The molecule has 0 rings (SSSR count). The van der Waals surface area contributed by atoms with Crippen LogP contribution in [-0.2, 0) is 9.47 Å². The Balaban J connectivity index is 3.43. The van der Waals surface area contributed by atoms with Crippen molar-refractivity contribution >= 4 is 0 Å². The van der Waals surface area contributed by atoms with Crippen LogP contribution < -0.4 is 0 Å². The highest BCUT2D eigenvalue weighted by molar-refractivity contribution is 4.88. The van der Waals surface area contributed by atoms with E-state index >= 15 is 0 Å². The molecule has 2 nitrogen and oxygen atoms in total. The Morgan fingerprint density at radius 1 is 1.44 bits per heavy atom. The molecule has 0 amide bonds. The summed E-state index contributed by atoms with van der Waals surface area (Å²) in [6, 6.07) is 0. The van der Waals surface area contributed by atoms with E-state index in [4.69, 9.17) is 9.47 Å². The van der Waals surface area contributed by atoms with Gasteiger partial charge in [-0.05, 0) is 6.92 Å². The summed E-state index contributed by atoms with van der Waals surface area (Å²) in [4.78, 5) is 0. The van der Waals surface area contributed by atoms with Crippen molar-refractivity contribution in [2.45, 2.75) is 19.6 Å². The number of hydrogen-bond donors (Lipinski definition) is 0. The lowest BCUT2D eigenvalue weighted by Gasteiger charge is -2.11. The summed E-state index contributed by atoms with van der Waals surface area (Å²) < 4.78 is 9.85. The van der Waals surface area contributed by atoms with Gasteiger partial charge in [0.15, 0.2) is 6.29 Å². The molecule has 0 bridgehead atoms. The highest BCUT2D eigenvalue weighted by Crippen LogP contribution is 2.04. The van der Waals surface area contributed by atoms with Gasteiger partial charge in [0.2, 0.25) is 0 Å². The summed E-state index contributed by atoms with van der Waals surface area (Å²) in [5.41, 5.74) is 1.07. The molecule has 0 saturated carbocycles. The van der Waals surface area contributed by atoms with Gasteiger partial charge in [-0.15, -0.1) is 0 Å². The van der Waals surface area contributed by atoms with E-state index in [1.807, 2.05) is 6.92 Å². The molecule has 54 valence electrons. The minimum atomic E-state index is -0.123. The van der Waals surface area contributed by atoms with Crippen molar-refractivity contribution in [2.75, 3.05) is 14.2 Å². The first-order chi connectivity index (χ1) is 4.20. The van der Waals surface area contributed by atoms with Crippen molar-refractivity contribution in [3.05, 3.63) is 12.2 Å². The number of ether oxygens (including phenoxy) is 2. The van der Waals surface area contributed by atoms with E-state index in [-0.39, 0.29) is 6.29 Å². The summed E-state index contributed by atoms with van der Waals surface area (Å²) in [6.45, 7) is 5.68. The second kappa shape index (κ2) is 4.53. The molecule has 0 heterocycles. The standard InChI is InChI=1S/C7H14O2/c1-6(2)5-7(8-3)9-4/h7H,1,5H2,2-4H3. The van der Waals surface area contributed by atoms with E-state index in [1.54, 1.807) is 14.2 Å². The topological polar surface area (TPSA) is 18.5 Å². The molecule has 0 fully saturated rings. The highest BCUT2D eigenvalue weighted by atomic mass is 16.7. The lowest BCUT2D eigenvalue weighted by Crippen LogP contribution is -2.12. The van der Waals surface area contributed by atoms with Crippen molar-refractivity contribution in [3.8, 4) is 0 Å². The fraction of sp³-hybridized carbons (Fsp3) is 0.714. The van der Waals surface area contributed by atoms with E-state index in [0.29, 0.717) is 0 Å². The third kappa shape index (κ3) is 4.18. The molecule has 0 aromatic carbocycles. The van der Waals surface area contributed by atoms with Crippen molar-refractivity contribution in [2.24, 2.45) is 0 Å². The van der Waals surface area contributed by atoms with Gasteiger partial charge in [0.25, 0.3) is 0 Å². The second-order valence-electron chi connectivity index (χ2n) is 2.06. The van der Waals surface area contributed by atoms with Crippen LogP contribution in [0.5, 0.6) is 0 Å². The summed E-state index contributed by atoms with van der Waals surface area (Å²) in [5, 5.41) is 0. The van der Waals surface area contributed by atoms with Gasteiger partial charge in [-0.1, -0.05) is 12.2 Å². The Hall–Kier alpha value is -0.340. The van der Waals surface area contributed by atoms with Crippen LogP contribution in [0.25, 0.3) is 0 Å². The van der Waals surface area contributed by atoms with E-state index in [9.17, 15) is 0 Å². The fourth-order valence-electron chi connectivity index (χ4n) is 0.547. The summed E-state index contributed by atoms with van der Waals surface area (Å²) >= 11 is 0. The molecule has 0 aliphatic carbocycles. The molecule has 0 spiro atoms. The van der Waals surface area contributed by atoms with Crippen LogP contribution in [0.1, 0.15) is 13.3 Å². The Kier molecular flexibility index (Phi) is 4.36. The molecule has 0 radical (unpaired) electrons. The van der Waals surface area contributed by atoms with Crippen molar-refractivity contribution in [1.82, 2.24) is 0 Å². The molecule has 0 N–H and O–H groups in total. The maximum absolute atomic E-state index is 4.93. The Bertz CT molecular complexity index is 84.9. The number of rotatable bonds is 4. The SMILES string of the molecule is C=C(C)CC(OC)OC. The fourth-order valence-corrected chi connectivity index (χ4v) is 0.547. The first-order valence-corrected chi connectivity index (χ1v) is 2.90. The monoisotopic (exact) mass is 130 g/mol. The maximum Gasteiger partial charge on any atom is 0.160 e. The Labute approximate surface area is 56.5 Å². The van der Waals surface area contributed by atoms with Gasteiger partial charge in [0, 0.05) is 20.6 Å². The summed E-state index contributed by atoms with van der Waals surface area (Å²) in [6.07, 6.45) is 0.648. The minimum Gasteiger partial charge on any atom is -0.356 e. The van der Waals surface area contributed by atoms with Crippen LogP contribution in [0, 0.1) is 0 Å². The van der Waals surface area contributed by atoms with E-state index < -0.39 is 0 Å². The highest BCUT2D eigenvalue weighted by Gasteiger charge is 2.02. The third-order valence-electron chi connectivity index (χ3n) is 1.04. The number of methoxy groups -OCH3 is 2. The van der Waals surface area contributed by atoms with Gasteiger partial charge in [-0.3, -0.25) is 0 Å². The molecular formula is C7H14O2. The van der Waals surface area contributed by atoms with Gasteiger partial charge < -0.3 is 9.47 Å². The summed E-state index contributed by atoms with van der Waals surface area (Å²) in [5.74, 6) is 0. The molecule has 2 heteroatoms. The quantitative estimate of drug-likeness (QED) is 0.425. The zero-order valence-electron chi connectivity index (χ0n) is 6.31. The van der Waals surface area contributed by atoms with Crippen LogP contribution in [0.4, 0.5) is 0 Å². The molecule has 0 aliphatic rings. The zero-order chi connectivity index (χ0) is 7.28. The Morgan fingerprint density at radius 3 is 2.00 bits per heavy atom. The second-order valence-corrected chi connectivity index (χ2v) is 2.06. The number of hydrogen-bond acceptors (Lipinski definition) is 2. The predicted octanol–water partition coefficient (Wildman–Crippen LogP) is 1.57. The van der Waals surface area contributed by atoms with Crippen LogP contribution in [0.2, 0.25) is 0 Å². The zero-order valence-corrected chi connectivity index (χ0v) is 6.31. The largest absolute Gasteiger partial charge is 0.356 e. The van der Waals surface area contributed by atoms with Gasteiger partial charge in [0.1, 0.15) is 0 Å². The Morgan fingerprint density at radius 2 is 1.89 bits per heavy atom. The molecule has 0 aliphatic heterocycles. The van der Waals surface area contributed by atoms with Crippen LogP contribution in [0.3, 0.4) is 0 Å². The predicted molar refractivity (Wildman–Crippen MR) is 37.2 cm³/mol. The molecule has 0 aromatic rings. The van der Waals surface area contributed by atoms with Gasteiger partial charge in [0.05, 0.1) is 0 Å². The van der Waals surface area contributed by atoms with Crippen LogP contribution >= 0.6 is 0 Å². The van der Waals surface area contributed by atoms with E-state index in [1.165, 1.54) is 0 Å². The molecule has 0 unspecified atom stereocenters. The summed E-state index contributed by atoms with van der Waals surface area (Å²) in [7, 11) is 3.24. The van der Waals surface area contributed by atoms with Crippen molar-refractivity contribution in [3.63, 3.8) is 0 Å². The van der Waals surface area contributed by atoms with E-state index in [0.717, 1.165) is 12.0 Å². The lowest BCUT2D eigenvalue weighted by molar-refractivity contribution is -0.100.